The van der Waals surface area contributed by atoms with Gasteiger partial charge in [-0.25, -0.2) is 14.2 Å². The number of carbonyl (C=O) groups excluding carboxylic acids is 1. The molecule has 0 spiro atoms. The van der Waals surface area contributed by atoms with Gasteiger partial charge in [-0.2, -0.15) is 0 Å². The lowest BCUT2D eigenvalue weighted by molar-refractivity contribution is 0.179. The SMILES string of the molecule is CCCCCN(C(=O)Nc1cccc(F)c1)C(CC)c1nc2ccccc2c(=O)n1C. The first-order chi connectivity index (χ1) is 15.0. The second kappa shape index (κ2) is 10.2. The fourth-order valence-electron chi connectivity index (χ4n) is 3.77. The van der Waals surface area contributed by atoms with E-state index in [1.165, 1.54) is 16.7 Å². The number of rotatable bonds is 8. The van der Waals surface area contributed by atoms with E-state index in [1.807, 2.05) is 19.1 Å². The van der Waals surface area contributed by atoms with Gasteiger partial charge in [0.05, 0.1) is 16.9 Å². The largest absolute Gasteiger partial charge is 0.322 e. The fraction of sp³-hybridized carbons (Fsp3) is 0.375. The minimum atomic E-state index is -0.416. The predicted molar refractivity (Wildman–Crippen MR) is 122 cm³/mol. The van der Waals surface area contributed by atoms with Crippen LogP contribution in [0.1, 0.15) is 51.4 Å². The number of aromatic nitrogens is 2. The van der Waals surface area contributed by atoms with E-state index in [0.717, 1.165) is 19.3 Å². The molecule has 0 bridgehead atoms. The molecule has 0 saturated carbocycles. The van der Waals surface area contributed by atoms with Gasteiger partial charge in [-0.1, -0.05) is 44.9 Å². The molecule has 0 aliphatic rings. The number of hydrogen-bond donors (Lipinski definition) is 1. The quantitative estimate of drug-likeness (QED) is 0.502. The lowest BCUT2D eigenvalue weighted by atomic mass is 10.1. The molecule has 1 unspecified atom stereocenters. The molecule has 6 nitrogen and oxygen atoms in total. The first kappa shape index (κ1) is 22.5. The number of unbranched alkanes of at least 4 members (excludes halogenated alkanes) is 2. The number of hydrogen-bond acceptors (Lipinski definition) is 3. The standard InChI is InChI=1S/C24H29FN4O2/c1-4-6-9-15-29(24(31)26-18-12-10-11-17(25)16-18)21(5-2)22-27-20-14-8-7-13-19(20)23(30)28(22)3/h7-8,10-14,16,21H,4-6,9,15H2,1-3H3,(H,26,31). The zero-order chi connectivity index (χ0) is 22.4. The molecule has 0 aliphatic heterocycles. The van der Waals surface area contributed by atoms with E-state index in [-0.39, 0.29) is 11.6 Å². The van der Waals surface area contributed by atoms with Gasteiger partial charge in [0.1, 0.15) is 11.6 Å². The summed E-state index contributed by atoms with van der Waals surface area (Å²) in [4.78, 5) is 32.6. The van der Waals surface area contributed by atoms with Gasteiger partial charge in [0.2, 0.25) is 0 Å². The molecule has 1 aromatic heterocycles. The highest BCUT2D eigenvalue weighted by atomic mass is 19.1. The van der Waals surface area contributed by atoms with E-state index in [9.17, 15) is 14.0 Å². The maximum Gasteiger partial charge on any atom is 0.322 e. The van der Waals surface area contributed by atoms with Crippen LogP contribution in [-0.2, 0) is 7.05 Å². The summed E-state index contributed by atoms with van der Waals surface area (Å²) >= 11 is 0. The molecule has 164 valence electrons. The topological polar surface area (TPSA) is 67.2 Å². The summed E-state index contributed by atoms with van der Waals surface area (Å²) in [6.45, 7) is 4.58. The average molecular weight is 425 g/mol. The molecule has 2 amide bonds. The van der Waals surface area contributed by atoms with Crippen LogP contribution in [0.15, 0.2) is 53.3 Å². The third-order valence-electron chi connectivity index (χ3n) is 5.42. The Morgan fingerprint density at radius 3 is 2.65 bits per heavy atom. The molecule has 7 heteroatoms. The number of para-hydroxylation sites is 1. The van der Waals surface area contributed by atoms with Crippen LogP contribution in [-0.4, -0.2) is 27.0 Å². The molecule has 0 saturated heterocycles. The minimum Gasteiger partial charge on any atom is -0.314 e. The lowest BCUT2D eigenvalue weighted by Crippen LogP contribution is -2.41. The Morgan fingerprint density at radius 2 is 1.94 bits per heavy atom. The van der Waals surface area contributed by atoms with E-state index < -0.39 is 11.9 Å². The van der Waals surface area contributed by atoms with Crippen molar-refractivity contribution in [1.29, 1.82) is 0 Å². The highest BCUT2D eigenvalue weighted by Gasteiger charge is 2.27. The molecule has 3 aromatic rings. The second-order valence-corrected chi connectivity index (χ2v) is 7.62. The van der Waals surface area contributed by atoms with Gasteiger partial charge in [0, 0.05) is 19.3 Å². The summed E-state index contributed by atoms with van der Waals surface area (Å²) in [7, 11) is 1.69. The second-order valence-electron chi connectivity index (χ2n) is 7.62. The van der Waals surface area contributed by atoms with Gasteiger partial charge in [0.15, 0.2) is 0 Å². The lowest BCUT2D eigenvalue weighted by Gasteiger charge is -2.32. The Kier molecular flexibility index (Phi) is 7.39. The van der Waals surface area contributed by atoms with Gasteiger partial charge < -0.3 is 10.2 Å². The minimum absolute atomic E-state index is 0.141. The van der Waals surface area contributed by atoms with Crippen molar-refractivity contribution in [2.24, 2.45) is 7.05 Å². The Morgan fingerprint density at radius 1 is 1.16 bits per heavy atom. The van der Waals surface area contributed by atoms with Crippen molar-refractivity contribution < 1.29 is 9.18 Å². The average Bonchev–Trinajstić information content (AvgIpc) is 2.76. The predicted octanol–water partition coefficient (Wildman–Crippen LogP) is 5.25. The molecular weight excluding hydrogens is 395 g/mol. The first-order valence-electron chi connectivity index (χ1n) is 10.7. The van der Waals surface area contributed by atoms with Crippen LogP contribution in [0.5, 0.6) is 0 Å². The summed E-state index contributed by atoms with van der Waals surface area (Å²) in [6, 6.07) is 12.3. The number of amides is 2. The van der Waals surface area contributed by atoms with Crippen molar-refractivity contribution in [3.8, 4) is 0 Å². The highest BCUT2D eigenvalue weighted by molar-refractivity contribution is 5.89. The van der Waals surface area contributed by atoms with E-state index in [2.05, 4.69) is 12.2 Å². The van der Waals surface area contributed by atoms with E-state index in [0.29, 0.717) is 35.4 Å². The van der Waals surface area contributed by atoms with Crippen LogP contribution in [0.25, 0.3) is 10.9 Å². The molecule has 0 radical (unpaired) electrons. The fourth-order valence-corrected chi connectivity index (χ4v) is 3.77. The van der Waals surface area contributed by atoms with Crippen LogP contribution in [0.2, 0.25) is 0 Å². The molecule has 0 fully saturated rings. The molecule has 1 N–H and O–H groups in total. The van der Waals surface area contributed by atoms with E-state index in [1.54, 1.807) is 36.2 Å². The van der Waals surface area contributed by atoms with Crippen molar-refractivity contribution in [2.45, 2.75) is 45.6 Å². The van der Waals surface area contributed by atoms with E-state index >= 15 is 0 Å². The van der Waals surface area contributed by atoms with Crippen molar-refractivity contribution in [1.82, 2.24) is 14.5 Å². The summed E-state index contributed by atoms with van der Waals surface area (Å²) < 4.78 is 15.1. The summed E-state index contributed by atoms with van der Waals surface area (Å²) in [5.74, 6) is 0.123. The third kappa shape index (κ3) is 5.10. The van der Waals surface area contributed by atoms with Gasteiger partial charge in [0.25, 0.3) is 5.56 Å². The van der Waals surface area contributed by atoms with Crippen LogP contribution in [0.3, 0.4) is 0 Å². The maximum atomic E-state index is 13.6. The third-order valence-corrected chi connectivity index (χ3v) is 5.42. The van der Waals surface area contributed by atoms with Crippen molar-refractivity contribution in [3.05, 3.63) is 70.5 Å². The molecule has 1 atom stereocenters. The molecule has 3 rings (SSSR count). The Balaban J connectivity index is 2.00. The first-order valence-corrected chi connectivity index (χ1v) is 10.7. The monoisotopic (exact) mass is 424 g/mol. The number of halogens is 1. The Bertz CT molecular complexity index is 1110. The molecular formula is C24H29FN4O2. The number of nitrogens with one attached hydrogen (secondary N) is 1. The normalized spacial score (nSPS) is 12.0. The van der Waals surface area contributed by atoms with Crippen LogP contribution >= 0.6 is 0 Å². The summed E-state index contributed by atoms with van der Waals surface area (Å²) in [5.41, 5.74) is 0.858. The Labute approximate surface area is 181 Å². The van der Waals surface area contributed by atoms with Crippen molar-refractivity contribution >= 4 is 22.6 Å². The number of benzene rings is 2. The number of urea groups is 1. The van der Waals surface area contributed by atoms with Crippen LogP contribution in [0.4, 0.5) is 14.9 Å². The van der Waals surface area contributed by atoms with E-state index in [4.69, 9.17) is 4.98 Å². The highest BCUT2D eigenvalue weighted by Crippen LogP contribution is 2.25. The van der Waals surface area contributed by atoms with Crippen molar-refractivity contribution in [3.63, 3.8) is 0 Å². The van der Waals surface area contributed by atoms with Crippen molar-refractivity contribution in [2.75, 3.05) is 11.9 Å². The number of carbonyl (C=O) groups is 1. The number of fused-ring (bicyclic) bond motifs is 1. The number of nitrogens with zero attached hydrogens (tertiary/aromatic N) is 3. The Hall–Kier alpha value is -3.22. The zero-order valence-corrected chi connectivity index (χ0v) is 18.3. The van der Waals surface area contributed by atoms with Gasteiger partial charge >= 0.3 is 6.03 Å². The summed E-state index contributed by atoms with van der Waals surface area (Å²) in [5, 5.41) is 3.34. The van der Waals surface area contributed by atoms with Gasteiger partial charge in [-0.3, -0.25) is 9.36 Å². The van der Waals surface area contributed by atoms with Gasteiger partial charge in [-0.15, -0.1) is 0 Å². The van der Waals surface area contributed by atoms with Crippen LogP contribution < -0.4 is 10.9 Å². The maximum absolute atomic E-state index is 13.6. The van der Waals surface area contributed by atoms with Crippen LogP contribution in [0, 0.1) is 5.82 Å². The number of anilines is 1. The molecule has 2 aromatic carbocycles. The molecule has 0 aliphatic carbocycles. The smallest absolute Gasteiger partial charge is 0.314 e. The molecule has 31 heavy (non-hydrogen) atoms. The molecule has 1 heterocycles. The summed E-state index contributed by atoms with van der Waals surface area (Å²) in [6.07, 6.45) is 3.40. The van der Waals surface area contributed by atoms with Gasteiger partial charge in [-0.05, 0) is 43.2 Å². The zero-order valence-electron chi connectivity index (χ0n) is 18.3.